The molecular formula is C45H29N3O. The second-order valence-corrected chi connectivity index (χ2v) is 11.7. The molecule has 0 bridgehead atoms. The second kappa shape index (κ2) is 12.2. The smallest absolute Gasteiger partial charge is 0.164 e. The maximum absolute atomic E-state index is 8.67. The Hall–Kier alpha value is -6.65. The van der Waals surface area contributed by atoms with Gasteiger partial charge in [-0.15, -0.1) is 0 Å². The highest BCUT2D eigenvalue weighted by Crippen LogP contribution is 2.39. The maximum atomic E-state index is 8.67. The van der Waals surface area contributed by atoms with Gasteiger partial charge in [0.05, 0.1) is 6.85 Å². The molecule has 0 radical (unpaired) electrons. The van der Waals surface area contributed by atoms with Crippen LogP contribution in [0, 0.1) is 0 Å². The topological polar surface area (TPSA) is 51.8 Å². The molecule has 4 nitrogen and oxygen atoms in total. The van der Waals surface area contributed by atoms with Crippen molar-refractivity contribution in [3.63, 3.8) is 0 Å². The number of aromatic nitrogens is 3. The number of hydrogen-bond donors (Lipinski definition) is 0. The molecule has 0 saturated carbocycles. The fraction of sp³-hybridized carbons (Fsp3) is 0. The molecule has 49 heavy (non-hydrogen) atoms. The molecule has 0 fully saturated rings. The van der Waals surface area contributed by atoms with Gasteiger partial charge in [0.2, 0.25) is 0 Å². The van der Waals surface area contributed by atoms with Crippen LogP contribution in [0.25, 0.3) is 89.5 Å². The molecule has 0 N–H and O–H groups in total. The number of nitrogens with zero attached hydrogens (tertiary/aromatic N) is 3. The highest BCUT2D eigenvalue weighted by Gasteiger charge is 2.17. The van der Waals surface area contributed by atoms with E-state index in [9.17, 15) is 0 Å². The maximum Gasteiger partial charge on any atom is 0.164 e. The van der Waals surface area contributed by atoms with Crippen LogP contribution in [0.3, 0.4) is 0 Å². The molecule has 4 heteroatoms. The number of benzene rings is 7. The Bertz CT molecular complexity index is 2830. The highest BCUT2D eigenvalue weighted by atomic mass is 16.3. The van der Waals surface area contributed by atoms with Gasteiger partial charge < -0.3 is 4.42 Å². The lowest BCUT2D eigenvalue weighted by Gasteiger charge is -2.09. The van der Waals surface area contributed by atoms with E-state index in [1.807, 2.05) is 103 Å². The normalized spacial score (nSPS) is 12.7. The van der Waals surface area contributed by atoms with Gasteiger partial charge in [0.25, 0.3) is 0 Å². The summed E-state index contributed by atoms with van der Waals surface area (Å²) in [7, 11) is 0. The van der Waals surface area contributed by atoms with E-state index in [1.54, 1.807) is 0 Å². The van der Waals surface area contributed by atoms with Crippen molar-refractivity contribution >= 4 is 21.9 Å². The van der Waals surface area contributed by atoms with Crippen molar-refractivity contribution in [1.29, 1.82) is 0 Å². The second-order valence-electron chi connectivity index (χ2n) is 11.7. The Kier molecular flexibility index (Phi) is 5.87. The Morgan fingerprint density at radius 2 is 0.898 bits per heavy atom. The van der Waals surface area contributed by atoms with Crippen LogP contribution in [0.5, 0.6) is 0 Å². The standard InChI is InChI=1S/C45H29N3O/c1-4-11-30(12-5-1)32-19-23-34(24-20-32)38-17-10-18-40-42(38)39-28-27-37(29-41(39)49-40)45-47-43(35-15-8-3-9-16-35)46-44(48-45)36-25-21-33(22-26-36)31-13-6-2-7-14-31/h1-29H/i3D,8D,9D,15D,16D. The average molecular weight is 633 g/mol. The third-order valence-corrected chi connectivity index (χ3v) is 8.67. The Balaban J connectivity index is 1.17. The van der Waals surface area contributed by atoms with Crippen molar-refractivity contribution in [1.82, 2.24) is 15.0 Å². The molecule has 0 spiro atoms. The third kappa shape index (κ3) is 5.45. The van der Waals surface area contributed by atoms with Gasteiger partial charge in [-0.1, -0.05) is 158 Å². The quantitative estimate of drug-likeness (QED) is 0.183. The first kappa shape index (κ1) is 23.6. The minimum Gasteiger partial charge on any atom is -0.456 e. The summed E-state index contributed by atoms with van der Waals surface area (Å²) in [6.07, 6.45) is 0. The number of hydrogen-bond acceptors (Lipinski definition) is 4. The Morgan fingerprint density at radius 1 is 0.388 bits per heavy atom. The van der Waals surface area contributed by atoms with Crippen LogP contribution in [0.1, 0.15) is 6.85 Å². The molecule has 0 saturated heterocycles. The summed E-state index contributed by atoms with van der Waals surface area (Å²) >= 11 is 0. The molecule has 0 unspecified atom stereocenters. The average Bonchev–Trinajstić information content (AvgIpc) is 3.61. The van der Waals surface area contributed by atoms with Crippen molar-refractivity contribution in [2.75, 3.05) is 0 Å². The molecule has 9 aromatic rings. The number of rotatable bonds is 6. The monoisotopic (exact) mass is 632 g/mol. The van der Waals surface area contributed by atoms with E-state index in [1.165, 1.54) is 0 Å². The van der Waals surface area contributed by atoms with E-state index in [0.717, 1.165) is 49.7 Å². The van der Waals surface area contributed by atoms with Crippen LogP contribution in [-0.4, -0.2) is 15.0 Å². The van der Waals surface area contributed by atoms with Crippen molar-refractivity contribution in [3.05, 3.63) is 176 Å². The fourth-order valence-electron chi connectivity index (χ4n) is 6.23. The van der Waals surface area contributed by atoms with Gasteiger partial charge in [-0.3, -0.25) is 0 Å². The summed E-state index contributed by atoms with van der Waals surface area (Å²) in [5, 5.41) is 1.91. The minimum atomic E-state index is -0.485. The lowest BCUT2D eigenvalue weighted by atomic mass is 9.96. The van der Waals surface area contributed by atoms with Crippen LogP contribution >= 0.6 is 0 Å². The van der Waals surface area contributed by atoms with Gasteiger partial charge in [-0.05, 0) is 51.6 Å². The van der Waals surface area contributed by atoms with E-state index < -0.39 is 18.1 Å². The summed E-state index contributed by atoms with van der Waals surface area (Å²) in [5.74, 6) is 0.547. The van der Waals surface area contributed by atoms with E-state index in [2.05, 4.69) is 47.4 Å². The van der Waals surface area contributed by atoms with Crippen LogP contribution < -0.4 is 0 Å². The number of furan rings is 1. The molecule has 0 aliphatic heterocycles. The van der Waals surface area contributed by atoms with Crippen molar-refractivity contribution in [2.45, 2.75) is 0 Å². The first-order chi connectivity index (χ1) is 26.3. The minimum absolute atomic E-state index is 0.0231. The first-order valence-corrected chi connectivity index (χ1v) is 15.9. The first-order valence-electron chi connectivity index (χ1n) is 18.4. The molecule has 7 aromatic carbocycles. The lowest BCUT2D eigenvalue weighted by molar-refractivity contribution is 0.669. The molecule has 9 rings (SSSR count). The van der Waals surface area contributed by atoms with E-state index in [-0.39, 0.29) is 29.3 Å². The summed E-state index contributed by atoms with van der Waals surface area (Å²) in [6.45, 7) is 0. The summed E-state index contributed by atoms with van der Waals surface area (Å²) in [5.41, 5.74) is 9.06. The van der Waals surface area contributed by atoms with Gasteiger partial charge in [0.1, 0.15) is 11.2 Å². The number of fused-ring (bicyclic) bond motifs is 3. The van der Waals surface area contributed by atoms with Crippen molar-refractivity contribution in [3.8, 4) is 67.5 Å². The van der Waals surface area contributed by atoms with Gasteiger partial charge in [-0.2, -0.15) is 0 Å². The zero-order valence-corrected chi connectivity index (χ0v) is 26.1. The van der Waals surface area contributed by atoms with Gasteiger partial charge >= 0.3 is 0 Å². The zero-order valence-electron chi connectivity index (χ0n) is 31.1. The van der Waals surface area contributed by atoms with Crippen LogP contribution in [0.2, 0.25) is 0 Å². The highest BCUT2D eigenvalue weighted by molar-refractivity contribution is 6.13. The molecule has 0 aliphatic rings. The van der Waals surface area contributed by atoms with Crippen molar-refractivity contribution < 1.29 is 11.3 Å². The third-order valence-electron chi connectivity index (χ3n) is 8.67. The van der Waals surface area contributed by atoms with E-state index >= 15 is 0 Å². The van der Waals surface area contributed by atoms with Crippen LogP contribution in [0.15, 0.2) is 180 Å². The van der Waals surface area contributed by atoms with Crippen LogP contribution in [0.4, 0.5) is 0 Å². The molecule has 0 aliphatic carbocycles. The van der Waals surface area contributed by atoms with Gasteiger partial charge in [0, 0.05) is 27.5 Å². The predicted octanol–water partition coefficient (Wildman–Crippen LogP) is 11.8. The molecular weight excluding hydrogens is 599 g/mol. The van der Waals surface area contributed by atoms with E-state index in [0.29, 0.717) is 22.5 Å². The molecule has 230 valence electrons. The fourth-order valence-corrected chi connectivity index (χ4v) is 6.23. The summed E-state index contributed by atoms with van der Waals surface area (Å²) in [6, 6.07) is 46.2. The predicted molar refractivity (Wildman–Crippen MR) is 200 cm³/mol. The SMILES string of the molecule is [2H]c1c([2H])c([2H])c(-c2nc(-c3ccc(-c4ccccc4)cc3)nc(-c3ccc4c(c3)oc3cccc(-c5ccc(-c6ccccc6)cc5)c34)n2)c([2H])c1[2H]. The molecule has 2 aromatic heterocycles. The van der Waals surface area contributed by atoms with Gasteiger partial charge in [0.15, 0.2) is 17.5 Å². The lowest BCUT2D eigenvalue weighted by Crippen LogP contribution is -2.00. The Labute approximate surface area is 291 Å². The largest absolute Gasteiger partial charge is 0.456 e. The van der Waals surface area contributed by atoms with Gasteiger partial charge in [-0.25, -0.2) is 15.0 Å². The molecule has 0 atom stereocenters. The Morgan fingerprint density at radius 3 is 1.53 bits per heavy atom. The van der Waals surface area contributed by atoms with Crippen molar-refractivity contribution in [2.24, 2.45) is 0 Å². The van der Waals surface area contributed by atoms with E-state index in [4.69, 9.17) is 21.2 Å². The molecule has 0 amide bonds. The zero-order chi connectivity index (χ0) is 36.9. The summed E-state index contributed by atoms with van der Waals surface area (Å²) < 4.78 is 48.5. The molecule has 2 heterocycles. The van der Waals surface area contributed by atoms with Crippen LogP contribution in [-0.2, 0) is 0 Å². The summed E-state index contributed by atoms with van der Waals surface area (Å²) in [4.78, 5) is 14.3.